The molecule has 1 unspecified atom stereocenters. The summed E-state index contributed by atoms with van der Waals surface area (Å²) in [7, 11) is 0. The summed E-state index contributed by atoms with van der Waals surface area (Å²) in [6.45, 7) is 7.79. The number of rotatable bonds is 6. The lowest BCUT2D eigenvalue weighted by Gasteiger charge is -2.20. The molecule has 150 valence electrons. The van der Waals surface area contributed by atoms with E-state index in [1.165, 1.54) is 16.6 Å². The summed E-state index contributed by atoms with van der Waals surface area (Å²) in [5.74, 6) is -0.580. The monoisotopic (exact) mass is 420 g/mol. The number of hydrogen-bond acceptors (Lipinski definition) is 6. The van der Waals surface area contributed by atoms with Crippen LogP contribution in [0.15, 0.2) is 22.6 Å². The number of urea groups is 1. The summed E-state index contributed by atoms with van der Waals surface area (Å²) < 4.78 is 1.56. The molecule has 3 N–H and O–H groups in total. The summed E-state index contributed by atoms with van der Waals surface area (Å²) in [6, 6.07) is -0.894. The molecule has 3 amide bonds. The maximum absolute atomic E-state index is 13.3. The summed E-state index contributed by atoms with van der Waals surface area (Å²) in [5.41, 5.74) is 6.13. The number of thiophene rings is 1. The predicted molar refractivity (Wildman–Crippen MR) is 113 cm³/mol. The molecule has 0 radical (unpaired) electrons. The van der Waals surface area contributed by atoms with Gasteiger partial charge in [-0.1, -0.05) is 31.7 Å². The minimum absolute atomic E-state index is 0.0920. The Bertz CT molecular complexity index is 993. The highest BCUT2D eigenvalue weighted by molar-refractivity contribution is 8.00. The first-order valence-electron chi connectivity index (χ1n) is 9.26. The zero-order valence-electron chi connectivity index (χ0n) is 16.0. The van der Waals surface area contributed by atoms with Crippen LogP contribution in [0.2, 0.25) is 0 Å². The highest BCUT2D eigenvalue weighted by Crippen LogP contribution is 2.35. The molecule has 0 saturated carbocycles. The van der Waals surface area contributed by atoms with Gasteiger partial charge in [0, 0.05) is 11.4 Å². The Hall–Kier alpha value is -2.13. The Morgan fingerprint density at radius 1 is 1.39 bits per heavy atom. The third-order valence-corrected chi connectivity index (χ3v) is 7.41. The smallest absolute Gasteiger partial charge is 0.318 e. The Labute approximate surface area is 171 Å². The molecule has 3 rings (SSSR count). The normalized spacial score (nSPS) is 14.7. The number of imide groups is 1. The van der Waals surface area contributed by atoms with Crippen molar-refractivity contribution < 1.29 is 9.59 Å². The molecule has 2 aromatic rings. The van der Waals surface area contributed by atoms with Gasteiger partial charge in [0.25, 0.3) is 5.56 Å². The molecular formula is C19H24N4O3S2. The number of carbonyl (C=O) groups excluding carboxylic acids is 2. The second kappa shape index (κ2) is 8.48. The third kappa shape index (κ3) is 4.00. The van der Waals surface area contributed by atoms with E-state index in [0.717, 1.165) is 36.1 Å². The number of allylic oxidation sites excluding steroid dienone is 1. The van der Waals surface area contributed by atoms with Crippen LogP contribution in [0.25, 0.3) is 10.2 Å². The van der Waals surface area contributed by atoms with Crippen LogP contribution in [0.1, 0.15) is 37.1 Å². The van der Waals surface area contributed by atoms with Crippen molar-refractivity contribution >= 4 is 45.3 Å². The molecule has 0 bridgehead atoms. The van der Waals surface area contributed by atoms with E-state index in [9.17, 15) is 14.4 Å². The van der Waals surface area contributed by atoms with Crippen molar-refractivity contribution in [1.29, 1.82) is 0 Å². The maximum Gasteiger partial charge on any atom is 0.318 e. The first-order valence-corrected chi connectivity index (χ1v) is 11.0. The van der Waals surface area contributed by atoms with Gasteiger partial charge in [-0.2, -0.15) is 0 Å². The van der Waals surface area contributed by atoms with Crippen LogP contribution in [-0.4, -0.2) is 26.7 Å². The average molecular weight is 421 g/mol. The molecule has 0 spiro atoms. The second-order valence-corrected chi connectivity index (χ2v) is 9.32. The molecule has 7 nitrogen and oxygen atoms in total. The average Bonchev–Trinajstić information content (AvgIpc) is 3.00. The topological polar surface area (TPSA) is 107 Å². The third-order valence-electron chi connectivity index (χ3n) is 4.69. The fourth-order valence-electron chi connectivity index (χ4n) is 3.40. The number of nitrogens with two attached hydrogens (primary N) is 1. The molecule has 9 heteroatoms. The summed E-state index contributed by atoms with van der Waals surface area (Å²) in [4.78, 5) is 43.5. The number of nitrogens with zero attached hydrogens (tertiary/aromatic N) is 2. The SMILES string of the molecule is C=CCn1c(SC(C(=O)NC(N)=O)C(C)C)nc2sc3c(c2c1=O)CCCC3. The largest absolute Gasteiger partial charge is 0.351 e. The Morgan fingerprint density at radius 2 is 2.11 bits per heavy atom. The Balaban J connectivity index is 2.09. The van der Waals surface area contributed by atoms with Crippen LogP contribution in [0, 0.1) is 5.92 Å². The fraction of sp³-hybridized carbons (Fsp3) is 0.474. The molecule has 0 aromatic carbocycles. The van der Waals surface area contributed by atoms with Crippen LogP contribution in [0.3, 0.4) is 0 Å². The molecule has 1 aliphatic carbocycles. The standard InChI is InChI=1S/C19H24N4O3S2/c1-4-9-23-17(25)13-11-7-5-6-8-12(11)27-16(13)22-19(23)28-14(10(2)3)15(24)21-18(20)26/h4,10,14H,1,5-9H2,2-3H3,(H3,20,21,24,26). The number of thioether (sulfide) groups is 1. The van der Waals surface area contributed by atoms with E-state index in [1.54, 1.807) is 22.0 Å². The van der Waals surface area contributed by atoms with Crippen molar-refractivity contribution in [3.63, 3.8) is 0 Å². The van der Waals surface area contributed by atoms with Gasteiger partial charge in [-0.05, 0) is 37.2 Å². The predicted octanol–water partition coefficient (Wildman–Crippen LogP) is 2.83. The number of amides is 3. The Morgan fingerprint density at radius 3 is 2.75 bits per heavy atom. The van der Waals surface area contributed by atoms with Gasteiger partial charge in [-0.3, -0.25) is 19.5 Å². The molecule has 0 aliphatic heterocycles. The van der Waals surface area contributed by atoms with Gasteiger partial charge in [-0.25, -0.2) is 9.78 Å². The van der Waals surface area contributed by atoms with Gasteiger partial charge in [0.15, 0.2) is 5.16 Å². The first kappa shape index (κ1) is 20.6. The van der Waals surface area contributed by atoms with Crippen molar-refractivity contribution in [2.75, 3.05) is 0 Å². The second-order valence-electron chi connectivity index (χ2n) is 7.13. The van der Waals surface area contributed by atoms with Gasteiger partial charge in [-0.15, -0.1) is 17.9 Å². The van der Waals surface area contributed by atoms with Crippen LogP contribution in [0.5, 0.6) is 0 Å². The van der Waals surface area contributed by atoms with E-state index in [-0.39, 0.29) is 11.5 Å². The zero-order valence-corrected chi connectivity index (χ0v) is 17.6. The van der Waals surface area contributed by atoms with Gasteiger partial charge < -0.3 is 5.73 Å². The molecule has 0 fully saturated rings. The quantitative estimate of drug-likeness (QED) is 0.424. The number of nitrogens with one attached hydrogen (secondary N) is 1. The molecule has 1 atom stereocenters. The number of primary amides is 1. The molecule has 2 aromatic heterocycles. The summed E-state index contributed by atoms with van der Waals surface area (Å²) in [5, 5.41) is 2.68. The van der Waals surface area contributed by atoms with E-state index in [2.05, 4.69) is 11.9 Å². The number of aryl methyl sites for hydroxylation is 2. The van der Waals surface area contributed by atoms with E-state index < -0.39 is 17.2 Å². The van der Waals surface area contributed by atoms with Crippen molar-refractivity contribution in [2.24, 2.45) is 11.7 Å². The van der Waals surface area contributed by atoms with Crippen LogP contribution < -0.4 is 16.6 Å². The van der Waals surface area contributed by atoms with Crippen LogP contribution in [-0.2, 0) is 24.2 Å². The van der Waals surface area contributed by atoms with Crippen molar-refractivity contribution in [3.8, 4) is 0 Å². The van der Waals surface area contributed by atoms with E-state index in [0.29, 0.717) is 17.1 Å². The lowest BCUT2D eigenvalue weighted by Crippen LogP contribution is -2.42. The number of fused-ring (bicyclic) bond motifs is 3. The zero-order chi connectivity index (χ0) is 20.4. The Kier molecular flexibility index (Phi) is 6.24. The van der Waals surface area contributed by atoms with Crippen LogP contribution >= 0.6 is 23.1 Å². The number of hydrogen-bond donors (Lipinski definition) is 2. The van der Waals surface area contributed by atoms with Gasteiger partial charge >= 0.3 is 6.03 Å². The minimum Gasteiger partial charge on any atom is -0.351 e. The molecule has 28 heavy (non-hydrogen) atoms. The molecule has 1 aliphatic rings. The van der Waals surface area contributed by atoms with E-state index in [4.69, 9.17) is 10.7 Å². The number of carbonyl (C=O) groups is 2. The van der Waals surface area contributed by atoms with Crippen molar-refractivity contribution in [3.05, 3.63) is 33.4 Å². The highest BCUT2D eigenvalue weighted by atomic mass is 32.2. The summed E-state index contributed by atoms with van der Waals surface area (Å²) in [6.07, 6.45) is 5.74. The van der Waals surface area contributed by atoms with E-state index >= 15 is 0 Å². The van der Waals surface area contributed by atoms with Crippen molar-refractivity contribution in [2.45, 2.75) is 56.5 Å². The summed E-state index contributed by atoms with van der Waals surface area (Å²) >= 11 is 2.75. The maximum atomic E-state index is 13.3. The minimum atomic E-state index is -0.894. The highest BCUT2D eigenvalue weighted by Gasteiger charge is 2.28. The van der Waals surface area contributed by atoms with Gasteiger partial charge in [0.2, 0.25) is 5.91 Å². The van der Waals surface area contributed by atoms with Gasteiger partial charge in [0.05, 0.1) is 10.6 Å². The molecular weight excluding hydrogens is 396 g/mol. The molecule has 0 saturated heterocycles. The van der Waals surface area contributed by atoms with Gasteiger partial charge in [0.1, 0.15) is 4.83 Å². The fourth-order valence-corrected chi connectivity index (χ4v) is 5.80. The van der Waals surface area contributed by atoms with E-state index in [1.807, 2.05) is 13.8 Å². The lowest BCUT2D eigenvalue weighted by molar-refractivity contribution is -0.120. The number of aromatic nitrogens is 2. The first-order chi connectivity index (χ1) is 13.3. The van der Waals surface area contributed by atoms with Crippen molar-refractivity contribution in [1.82, 2.24) is 14.9 Å². The molecule has 2 heterocycles. The lowest BCUT2D eigenvalue weighted by atomic mass is 9.97. The van der Waals surface area contributed by atoms with Crippen LogP contribution in [0.4, 0.5) is 4.79 Å².